The van der Waals surface area contributed by atoms with E-state index in [1.54, 1.807) is 12.1 Å². The van der Waals surface area contributed by atoms with Crippen molar-refractivity contribution in [3.63, 3.8) is 0 Å². The fraction of sp³-hybridized carbons (Fsp3) is 0.304. The van der Waals surface area contributed by atoms with E-state index in [0.717, 1.165) is 13.0 Å². The molecule has 0 fully saturated rings. The average Bonchev–Trinajstić information content (AvgIpc) is 3.16. The van der Waals surface area contributed by atoms with Gasteiger partial charge in [0.2, 0.25) is 11.8 Å². The van der Waals surface area contributed by atoms with Crippen molar-refractivity contribution in [1.82, 2.24) is 19.7 Å². The number of fused-ring (bicyclic) bond motifs is 1. The molecule has 1 aliphatic rings. The first-order valence-corrected chi connectivity index (χ1v) is 11.8. The molecule has 166 valence electrons. The van der Waals surface area contributed by atoms with E-state index in [4.69, 9.17) is 11.6 Å². The van der Waals surface area contributed by atoms with Gasteiger partial charge in [-0.05, 0) is 29.7 Å². The van der Waals surface area contributed by atoms with Gasteiger partial charge < -0.3 is 14.8 Å². The maximum Gasteiger partial charge on any atom is 0.233 e. The molecule has 0 bridgehead atoms. The predicted octanol–water partition coefficient (Wildman–Crippen LogP) is 3.72. The van der Waals surface area contributed by atoms with Crippen molar-refractivity contribution < 1.29 is 9.59 Å². The van der Waals surface area contributed by atoms with E-state index in [1.807, 2.05) is 40.8 Å². The number of thioether (sulfide) groups is 1. The Kier molecular flexibility index (Phi) is 7.12. The Balaban J connectivity index is 1.27. The van der Waals surface area contributed by atoms with Gasteiger partial charge in [-0.25, -0.2) is 0 Å². The lowest BCUT2D eigenvalue weighted by Crippen LogP contribution is -2.37. The van der Waals surface area contributed by atoms with Crippen LogP contribution in [0, 0.1) is 0 Å². The summed E-state index contributed by atoms with van der Waals surface area (Å²) < 4.78 is 1.84. The minimum atomic E-state index is -0.143. The quantitative estimate of drug-likeness (QED) is 0.533. The summed E-state index contributed by atoms with van der Waals surface area (Å²) in [7, 11) is 1.85. The molecule has 0 saturated carbocycles. The molecule has 0 aliphatic carbocycles. The maximum absolute atomic E-state index is 12.7. The van der Waals surface area contributed by atoms with E-state index in [9.17, 15) is 9.59 Å². The summed E-state index contributed by atoms with van der Waals surface area (Å²) in [5.74, 6) is 0.950. The van der Waals surface area contributed by atoms with Crippen molar-refractivity contribution in [3.05, 3.63) is 70.5 Å². The van der Waals surface area contributed by atoms with Gasteiger partial charge in [-0.2, -0.15) is 0 Å². The van der Waals surface area contributed by atoms with E-state index in [1.165, 1.54) is 22.9 Å². The molecule has 0 unspecified atom stereocenters. The monoisotopic (exact) mass is 469 g/mol. The number of nitrogens with one attached hydrogen (secondary N) is 1. The minimum absolute atomic E-state index is 0.0909. The molecule has 2 amide bonds. The van der Waals surface area contributed by atoms with Crippen LogP contribution in [-0.4, -0.2) is 43.8 Å². The first-order valence-electron chi connectivity index (χ1n) is 10.4. The second-order valence-electron chi connectivity index (χ2n) is 7.61. The van der Waals surface area contributed by atoms with Crippen LogP contribution in [0.15, 0.2) is 53.7 Å². The molecule has 2 heterocycles. The van der Waals surface area contributed by atoms with Gasteiger partial charge in [0.15, 0.2) is 5.16 Å². The number of nitrogens with zero attached hydrogens (tertiary/aromatic N) is 4. The highest BCUT2D eigenvalue weighted by Gasteiger charge is 2.21. The van der Waals surface area contributed by atoms with Crippen LogP contribution in [0.25, 0.3) is 0 Å². The van der Waals surface area contributed by atoms with Crippen molar-refractivity contribution in [2.24, 2.45) is 7.05 Å². The first kappa shape index (κ1) is 22.4. The molecule has 9 heteroatoms. The summed E-state index contributed by atoms with van der Waals surface area (Å²) in [4.78, 5) is 26.8. The Morgan fingerprint density at radius 3 is 2.66 bits per heavy atom. The number of aromatic nitrogens is 3. The van der Waals surface area contributed by atoms with E-state index in [0.29, 0.717) is 40.4 Å². The summed E-state index contributed by atoms with van der Waals surface area (Å²) >= 11 is 7.45. The minimum Gasteiger partial charge on any atom is -0.337 e. The fourth-order valence-corrected chi connectivity index (χ4v) is 4.63. The average molecular weight is 470 g/mol. The number of aryl methyl sites for hydroxylation is 1. The molecule has 4 rings (SSSR count). The lowest BCUT2D eigenvalue weighted by molar-refractivity contribution is -0.129. The van der Waals surface area contributed by atoms with Crippen LogP contribution in [0.1, 0.15) is 23.4 Å². The topological polar surface area (TPSA) is 80.1 Å². The molecule has 1 aliphatic heterocycles. The summed E-state index contributed by atoms with van der Waals surface area (Å²) in [6.45, 7) is 1.39. The molecule has 32 heavy (non-hydrogen) atoms. The van der Waals surface area contributed by atoms with Crippen LogP contribution in [0.3, 0.4) is 0 Å². The Morgan fingerprint density at radius 2 is 1.84 bits per heavy atom. The Bertz CT molecular complexity index is 1130. The van der Waals surface area contributed by atoms with Gasteiger partial charge in [0.1, 0.15) is 5.82 Å². The first-order chi connectivity index (χ1) is 15.5. The standard InChI is InChI=1S/C23H24ClN5O2S/c1-28-20(10-11-21(30)25-19-9-5-4-8-18(19)24)26-27-23(28)32-15-22(31)29-13-12-16-6-2-3-7-17(16)14-29/h2-9H,10-15H2,1H3,(H,25,30). The normalized spacial score (nSPS) is 13.0. The molecule has 7 nitrogen and oxygen atoms in total. The van der Waals surface area contributed by atoms with E-state index < -0.39 is 0 Å². The molecule has 0 radical (unpaired) electrons. The number of rotatable bonds is 7. The van der Waals surface area contributed by atoms with Crippen molar-refractivity contribution in [3.8, 4) is 0 Å². The van der Waals surface area contributed by atoms with Crippen LogP contribution in [0.4, 0.5) is 5.69 Å². The van der Waals surface area contributed by atoms with Gasteiger partial charge in [0.05, 0.1) is 16.5 Å². The number of para-hydroxylation sites is 1. The Morgan fingerprint density at radius 1 is 1.09 bits per heavy atom. The van der Waals surface area contributed by atoms with Gasteiger partial charge in [-0.3, -0.25) is 9.59 Å². The highest BCUT2D eigenvalue weighted by Crippen LogP contribution is 2.23. The smallest absolute Gasteiger partial charge is 0.233 e. The van der Waals surface area contributed by atoms with Crippen LogP contribution in [-0.2, 0) is 36.0 Å². The zero-order valence-electron chi connectivity index (χ0n) is 17.8. The molecule has 0 atom stereocenters. The zero-order chi connectivity index (χ0) is 22.5. The number of halogens is 1. The third-order valence-corrected chi connectivity index (χ3v) is 6.79. The number of carbonyl (C=O) groups is 2. The van der Waals surface area contributed by atoms with Crippen molar-refractivity contribution in [2.45, 2.75) is 31.0 Å². The number of hydrogen-bond donors (Lipinski definition) is 1. The summed E-state index contributed by atoms with van der Waals surface area (Å²) in [5.41, 5.74) is 3.13. The predicted molar refractivity (Wildman–Crippen MR) is 126 cm³/mol. The van der Waals surface area contributed by atoms with Crippen LogP contribution in [0.2, 0.25) is 5.02 Å². The zero-order valence-corrected chi connectivity index (χ0v) is 19.3. The summed E-state index contributed by atoms with van der Waals surface area (Å²) in [6.07, 6.45) is 1.59. The molecule has 2 aromatic carbocycles. The van der Waals surface area contributed by atoms with E-state index >= 15 is 0 Å². The summed E-state index contributed by atoms with van der Waals surface area (Å²) in [6, 6.07) is 15.4. The molecular weight excluding hydrogens is 446 g/mol. The van der Waals surface area contributed by atoms with Crippen molar-refractivity contribution in [2.75, 3.05) is 17.6 Å². The number of carbonyl (C=O) groups excluding carboxylic acids is 2. The molecular formula is C23H24ClN5O2S. The largest absolute Gasteiger partial charge is 0.337 e. The van der Waals surface area contributed by atoms with Gasteiger partial charge >= 0.3 is 0 Å². The van der Waals surface area contributed by atoms with Crippen molar-refractivity contribution >= 4 is 40.9 Å². The highest BCUT2D eigenvalue weighted by molar-refractivity contribution is 7.99. The van der Waals surface area contributed by atoms with Gasteiger partial charge in [0.25, 0.3) is 0 Å². The lowest BCUT2D eigenvalue weighted by Gasteiger charge is -2.28. The number of benzene rings is 2. The molecule has 1 N–H and O–H groups in total. The van der Waals surface area contributed by atoms with E-state index in [-0.39, 0.29) is 18.2 Å². The molecule has 1 aromatic heterocycles. The van der Waals surface area contributed by atoms with E-state index in [2.05, 4.69) is 27.6 Å². The lowest BCUT2D eigenvalue weighted by atomic mass is 10.00. The second kappa shape index (κ2) is 10.2. The van der Waals surface area contributed by atoms with Crippen molar-refractivity contribution in [1.29, 1.82) is 0 Å². The Hall–Kier alpha value is -2.84. The van der Waals surface area contributed by atoms with Gasteiger partial charge in [0, 0.05) is 33.0 Å². The maximum atomic E-state index is 12.7. The Labute approximate surface area is 196 Å². The molecule has 0 saturated heterocycles. The fourth-order valence-electron chi connectivity index (χ4n) is 3.62. The second-order valence-corrected chi connectivity index (χ2v) is 8.96. The number of amides is 2. The number of anilines is 1. The molecule has 3 aromatic rings. The van der Waals surface area contributed by atoms with Crippen LogP contribution < -0.4 is 5.32 Å². The summed E-state index contributed by atoms with van der Waals surface area (Å²) in [5, 5.41) is 12.4. The van der Waals surface area contributed by atoms with Crippen LogP contribution >= 0.6 is 23.4 Å². The third kappa shape index (κ3) is 5.31. The third-order valence-electron chi connectivity index (χ3n) is 5.46. The van der Waals surface area contributed by atoms with Gasteiger partial charge in [-0.1, -0.05) is 59.8 Å². The highest BCUT2D eigenvalue weighted by atomic mass is 35.5. The number of hydrogen-bond acceptors (Lipinski definition) is 5. The SMILES string of the molecule is Cn1c(CCC(=O)Nc2ccccc2Cl)nnc1SCC(=O)N1CCc2ccccc2C1. The van der Waals surface area contributed by atoms with Crippen LogP contribution in [0.5, 0.6) is 0 Å². The van der Waals surface area contributed by atoms with Gasteiger partial charge in [-0.15, -0.1) is 10.2 Å². The molecule has 0 spiro atoms.